The van der Waals surface area contributed by atoms with Gasteiger partial charge in [-0.2, -0.15) is 0 Å². The van der Waals surface area contributed by atoms with Crippen molar-refractivity contribution < 1.29 is 19.4 Å². The normalized spacial score (nSPS) is 11.1. The van der Waals surface area contributed by atoms with Gasteiger partial charge in [-0.3, -0.25) is 9.59 Å². The lowest BCUT2D eigenvalue weighted by atomic mass is 10.1. The highest BCUT2D eigenvalue weighted by Crippen LogP contribution is 2.13. The van der Waals surface area contributed by atoms with Crippen molar-refractivity contribution in [2.24, 2.45) is 5.73 Å². The zero-order chi connectivity index (χ0) is 14.3. The number of carboxylic acids is 1. The lowest BCUT2D eigenvalue weighted by Crippen LogP contribution is -2.32. The van der Waals surface area contributed by atoms with Crippen LogP contribution in [0.1, 0.15) is 12.5 Å². The first kappa shape index (κ1) is 18.2. The van der Waals surface area contributed by atoms with Gasteiger partial charge >= 0.3 is 5.97 Å². The number of carbonyl (C=O) groups is 2. The Balaban J connectivity index is 0.00000361. The summed E-state index contributed by atoms with van der Waals surface area (Å²) in [6.07, 6.45) is 0.279. The predicted octanol–water partition coefficient (Wildman–Crippen LogP) is 0.578. The van der Waals surface area contributed by atoms with Crippen LogP contribution < -0.4 is 15.8 Å². The molecule has 0 unspecified atom stereocenters. The second kappa shape index (κ2) is 9.17. The van der Waals surface area contributed by atoms with Crippen LogP contribution in [-0.4, -0.2) is 36.2 Å². The molecule has 0 aliphatic carbocycles. The SMILES string of the molecule is CC(=O)NCCOc1ccc(C[C@H](N)C(=O)O)cc1.Cl. The van der Waals surface area contributed by atoms with E-state index in [4.69, 9.17) is 15.6 Å². The monoisotopic (exact) mass is 302 g/mol. The third-order valence-corrected chi connectivity index (χ3v) is 2.44. The summed E-state index contributed by atoms with van der Waals surface area (Å²) in [4.78, 5) is 21.2. The molecular formula is C13H19ClN2O4. The number of nitrogens with two attached hydrogens (primary N) is 1. The van der Waals surface area contributed by atoms with Gasteiger partial charge in [0.05, 0.1) is 6.54 Å². The first-order valence-corrected chi connectivity index (χ1v) is 5.93. The number of benzene rings is 1. The Morgan fingerprint density at radius 3 is 2.45 bits per heavy atom. The molecule has 0 saturated carbocycles. The number of rotatable bonds is 7. The summed E-state index contributed by atoms with van der Waals surface area (Å²) < 4.78 is 5.40. The minimum Gasteiger partial charge on any atom is -0.492 e. The molecule has 7 heteroatoms. The van der Waals surface area contributed by atoms with Crippen molar-refractivity contribution >= 4 is 24.3 Å². The third-order valence-electron chi connectivity index (χ3n) is 2.44. The topological polar surface area (TPSA) is 102 Å². The van der Waals surface area contributed by atoms with Crippen LogP contribution in [0.3, 0.4) is 0 Å². The second-order valence-corrected chi connectivity index (χ2v) is 4.12. The van der Waals surface area contributed by atoms with E-state index in [9.17, 15) is 9.59 Å². The fraction of sp³-hybridized carbons (Fsp3) is 0.385. The summed E-state index contributed by atoms with van der Waals surface area (Å²) in [7, 11) is 0. The molecule has 0 heterocycles. The van der Waals surface area contributed by atoms with Gasteiger partial charge in [0.1, 0.15) is 18.4 Å². The molecule has 20 heavy (non-hydrogen) atoms. The highest BCUT2D eigenvalue weighted by Gasteiger charge is 2.11. The van der Waals surface area contributed by atoms with E-state index in [1.165, 1.54) is 6.92 Å². The Bertz CT molecular complexity index is 437. The van der Waals surface area contributed by atoms with Crippen molar-refractivity contribution in [2.75, 3.05) is 13.2 Å². The summed E-state index contributed by atoms with van der Waals surface area (Å²) in [6.45, 7) is 2.27. The Morgan fingerprint density at radius 2 is 1.95 bits per heavy atom. The molecule has 0 aliphatic rings. The van der Waals surface area contributed by atoms with E-state index in [0.29, 0.717) is 18.9 Å². The molecule has 4 N–H and O–H groups in total. The Morgan fingerprint density at radius 1 is 1.35 bits per heavy atom. The van der Waals surface area contributed by atoms with Crippen LogP contribution in [-0.2, 0) is 16.0 Å². The first-order chi connectivity index (χ1) is 8.99. The molecule has 0 aromatic heterocycles. The van der Waals surface area contributed by atoms with Gasteiger partial charge in [0.2, 0.25) is 5.91 Å². The zero-order valence-corrected chi connectivity index (χ0v) is 12.0. The number of amides is 1. The molecular weight excluding hydrogens is 284 g/mol. The smallest absolute Gasteiger partial charge is 0.320 e. The zero-order valence-electron chi connectivity index (χ0n) is 11.2. The van der Waals surface area contributed by atoms with E-state index in [2.05, 4.69) is 5.32 Å². The first-order valence-electron chi connectivity index (χ1n) is 5.93. The van der Waals surface area contributed by atoms with Gasteiger partial charge in [0.15, 0.2) is 0 Å². The average molecular weight is 303 g/mol. The van der Waals surface area contributed by atoms with Crippen molar-refractivity contribution in [3.05, 3.63) is 29.8 Å². The van der Waals surface area contributed by atoms with Gasteiger partial charge in [0.25, 0.3) is 0 Å². The van der Waals surface area contributed by atoms with Crippen molar-refractivity contribution in [3.8, 4) is 5.75 Å². The molecule has 112 valence electrons. The molecule has 1 atom stereocenters. The number of carboxylic acid groups (broad SMARTS) is 1. The van der Waals surface area contributed by atoms with Crippen LogP contribution in [0.25, 0.3) is 0 Å². The van der Waals surface area contributed by atoms with Crippen molar-refractivity contribution in [2.45, 2.75) is 19.4 Å². The number of halogens is 1. The van der Waals surface area contributed by atoms with Crippen molar-refractivity contribution in [1.29, 1.82) is 0 Å². The lowest BCUT2D eigenvalue weighted by Gasteiger charge is -2.09. The van der Waals surface area contributed by atoms with Crippen LogP contribution in [0, 0.1) is 0 Å². The largest absolute Gasteiger partial charge is 0.492 e. The standard InChI is InChI=1S/C13H18N2O4.ClH/c1-9(16)15-6-7-19-11-4-2-10(3-5-11)8-12(14)13(17)18;/h2-5,12H,6-8,14H2,1H3,(H,15,16)(H,17,18);1H/t12-;/m0./s1. The van der Waals surface area contributed by atoms with Crippen molar-refractivity contribution in [1.82, 2.24) is 5.32 Å². The van der Waals surface area contributed by atoms with Gasteiger partial charge in [-0.25, -0.2) is 0 Å². The van der Waals surface area contributed by atoms with Gasteiger partial charge in [0, 0.05) is 6.92 Å². The van der Waals surface area contributed by atoms with E-state index in [0.717, 1.165) is 5.56 Å². The summed E-state index contributed by atoms with van der Waals surface area (Å²) >= 11 is 0. The van der Waals surface area contributed by atoms with E-state index in [1.807, 2.05) is 0 Å². The summed E-state index contributed by atoms with van der Waals surface area (Å²) in [5.74, 6) is -0.449. The molecule has 6 nitrogen and oxygen atoms in total. The number of aliphatic carboxylic acids is 1. The van der Waals surface area contributed by atoms with Gasteiger partial charge in [-0.1, -0.05) is 12.1 Å². The molecule has 0 spiro atoms. The maximum atomic E-state index is 10.6. The highest BCUT2D eigenvalue weighted by molar-refractivity contribution is 5.85. The van der Waals surface area contributed by atoms with Crippen molar-refractivity contribution in [3.63, 3.8) is 0 Å². The molecule has 1 aromatic rings. The minimum atomic E-state index is -1.02. The molecule has 0 fully saturated rings. The number of carbonyl (C=O) groups excluding carboxylic acids is 1. The highest BCUT2D eigenvalue weighted by atomic mass is 35.5. The molecule has 0 aliphatic heterocycles. The summed E-state index contributed by atoms with van der Waals surface area (Å²) in [6, 6.07) is 6.15. The maximum Gasteiger partial charge on any atom is 0.320 e. The van der Waals surface area contributed by atoms with E-state index >= 15 is 0 Å². The summed E-state index contributed by atoms with van der Waals surface area (Å²) in [5, 5.41) is 11.3. The Kier molecular flexibility index (Phi) is 8.35. The quantitative estimate of drug-likeness (QED) is 0.639. The van der Waals surface area contributed by atoms with E-state index in [1.54, 1.807) is 24.3 Å². The Labute approximate surface area is 123 Å². The van der Waals surface area contributed by atoms with Crippen LogP contribution in [0.2, 0.25) is 0 Å². The number of hydrogen-bond donors (Lipinski definition) is 3. The number of ether oxygens (including phenoxy) is 1. The lowest BCUT2D eigenvalue weighted by molar-refractivity contribution is -0.138. The number of nitrogens with one attached hydrogen (secondary N) is 1. The summed E-state index contributed by atoms with van der Waals surface area (Å²) in [5.41, 5.74) is 6.28. The molecule has 0 bridgehead atoms. The fourth-order valence-electron chi connectivity index (χ4n) is 1.46. The van der Waals surface area contributed by atoms with E-state index < -0.39 is 12.0 Å². The maximum absolute atomic E-state index is 10.6. The number of hydrogen-bond acceptors (Lipinski definition) is 4. The molecule has 1 aromatic carbocycles. The van der Waals surface area contributed by atoms with Crippen LogP contribution >= 0.6 is 12.4 Å². The fourth-order valence-corrected chi connectivity index (χ4v) is 1.46. The predicted molar refractivity (Wildman–Crippen MR) is 77.2 cm³/mol. The third kappa shape index (κ3) is 6.96. The van der Waals surface area contributed by atoms with Crippen LogP contribution in [0.5, 0.6) is 5.75 Å². The Hall–Kier alpha value is -1.79. The van der Waals surface area contributed by atoms with Gasteiger partial charge < -0.3 is 20.9 Å². The molecule has 0 saturated heterocycles. The average Bonchev–Trinajstić information content (AvgIpc) is 2.36. The van der Waals surface area contributed by atoms with Gasteiger partial charge in [-0.15, -0.1) is 12.4 Å². The van der Waals surface area contributed by atoms with Crippen LogP contribution in [0.4, 0.5) is 0 Å². The molecule has 1 amide bonds. The minimum absolute atomic E-state index is 0. The van der Waals surface area contributed by atoms with E-state index in [-0.39, 0.29) is 24.7 Å². The second-order valence-electron chi connectivity index (χ2n) is 4.12. The van der Waals surface area contributed by atoms with Gasteiger partial charge in [-0.05, 0) is 24.1 Å². The van der Waals surface area contributed by atoms with Crippen LogP contribution in [0.15, 0.2) is 24.3 Å². The molecule has 1 rings (SSSR count). The molecule has 0 radical (unpaired) electrons.